The maximum Gasteiger partial charge on any atom is 0.407 e. The first-order valence-corrected chi connectivity index (χ1v) is 6.74. The average molecular weight is 290 g/mol. The lowest BCUT2D eigenvalue weighted by Crippen LogP contribution is -2.44. The fraction of sp³-hybridized carbons (Fsp3) is 0.833. The number of carbonyl (C=O) groups excluding carboxylic acids is 2. The van der Waals surface area contributed by atoms with Crippen LogP contribution in [-0.2, 0) is 9.47 Å². The Kier molecular flexibility index (Phi) is 7.74. The summed E-state index contributed by atoms with van der Waals surface area (Å²) in [5, 5.41) is 22.5. The van der Waals surface area contributed by atoms with Crippen LogP contribution >= 0.6 is 0 Å². The lowest BCUT2D eigenvalue weighted by molar-refractivity contribution is 0.108. The molecule has 4 N–H and O–H groups in total. The van der Waals surface area contributed by atoms with Gasteiger partial charge in [0.2, 0.25) is 0 Å². The maximum absolute atomic E-state index is 11.3. The zero-order chi connectivity index (χ0) is 14.8. The standard InChI is InChI=1S/C12H22N2O6/c15-5-7-19-11(17)13-9-1-2-10(4-3-9)14-12(18)20-8-6-16/h9-10,15-16H,1-8H2,(H,13,17)(H,14,18). The summed E-state index contributed by atoms with van der Waals surface area (Å²) >= 11 is 0. The molecule has 116 valence electrons. The van der Waals surface area contributed by atoms with E-state index >= 15 is 0 Å². The van der Waals surface area contributed by atoms with Crippen molar-refractivity contribution in [2.75, 3.05) is 26.4 Å². The summed E-state index contributed by atoms with van der Waals surface area (Å²) < 4.78 is 9.43. The molecule has 8 heteroatoms. The van der Waals surface area contributed by atoms with Gasteiger partial charge in [0.25, 0.3) is 0 Å². The van der Waals surface area contributed by atoms with Gasteiger partial charge in [-0.2, -0.15) is 0 Å². The highest BCUT2D eigenvalue weighted by atomic mass is 16.6. The summed E-state index contributed by atoms with van der Waals surface area (Å²) in [6.45, 7) is -0.418. The number of aliphatic hydroxyl groups excluding tert-OH is 2. The summed E-state index contributed by atoms with van der Waals surface area (Å²) in [6, 6.07) is 0.0420. The largest absolute Gasteiger partial charge is 0.447 e. The lowest BCUT2D eigenvalue weighted by atomic mass is 9.91. The molecule has 0 aromatic heterocycles. The van der Waals surface area contributed by atoms with Crippen molar-refractivity contribution in [2.24, 2.45) is 0 Å². The van der Waals surface area contributed by atoms with Crippen LogP contribution in [0.5, 0.6) is 0 Å². The van der Waals surface area contributed by atoms with Crippen LogP contribution in [0.15, 0.2) is 0 Å². The third-order valence-corrected chi connectivity index (χ3v) is 3.02. The summed E-state index contributed by atoms with van der Waals surface area (Å²) in [5.41, 5.74) is 0. The number of hydrogen-bond donors (Lipinski definition) is 4. The van der Waals surface area contributed by atoms with Crippen LogP contribution < -0.4 is 10.6 Å². The van der Waals surface area contributed by atoms with Gasteiger partial charge in [-0.05, 0) is 25.7 Å². The molecule has 0 saturated heterocycles. The summed E-state index contributed by atoms with van der Waals surface area (Å²) in [6.07, 6.45) is 1.88. The van der Waals surface area contributed by atoms with Crippen LogP contribution in [0.1, 0.15) is 25.7 Å². The van der Waals surface area contributed by atoms with Crippen molar-refractivity contribution >= 4 is 12.2 Å². The Morgan fingerprint density at radius 2 is 1.20 bits per heavy atom. The van der Waals surface area contributed by atoms with Crippen LogP contribution in [0.2, 0.25) is 0 Å². The number of alkyl carbamates (subject to hydrolysis) is 2. The number of aliphatic hydroxyl groups is 2. The van der Waals surface area contributed by atoms with Gasteiger partial charge in [0, 0.05) is 12.1 Å². The number of nitrogens with one attached hydrogen (secondary N) is 2. The lowest BCUT2D eigenvalue weighted by Gasteiger charge is -2.29. The highest BCUT2D eigenvalue weighted by Crippen LogP contribution is 2.18. The Balaban J connectivity index is 2.16. The SMILES string of the molecule is O=C(NC1CCC(NC(=O)OCCO)CC1)OCCO. The van der Waals surface area contributed by atoms with Crippen molar-refractivity contribution in [1.82, 2.24) is 10.6 Å². The van der Waals surface area contributed by atoms with Crippen molar-refractivity contribution in [3.63, 3.8) is 0 Å². The second kappa shape index (κ2) is 9.38. The molecule has 1 fully saturated rings. The Hall–Kier alpha value is -1.54. The number of rotatable bonds is 6. The van der Waals surface area contributed by atoms with Gasteiger partial charge >= 0.3 is 12.2 Å². The molecule has 0 heterocycles. The Labute approximate surface area is 117 Å². The van der Waals surface area contributed by atoms with Gasteiger partial charge in [0.05, 0.1) is 13.2 Å². The van der Waals surface area contributed by atoms with E-state index in [0.29, 0.717) is 0 Å². The van der Waals surface area contributed by atoms with Crippen LogP contribution in [-0.4, -0.2) is 60.9 Å². The highest BCUT2D eigenvalue weighted by Gasteiger charge is 2.24. The van der Waals surface area contributed by atoms with Gasteiger partial charge in [0.1, 0.15) is 13.2 Å². The fourth-order valence-corrected chi connectivity index (χ4v) is 2.08. The van der Waals surface area contributed by atoms with E-state index in [-0.39, 0.29) is 38.5 Å². The molecule has 2 amide bonds. The molecule has 0 radical (unpaired) electrons. The first-order chi connectivity index (χ1) is 9.65. The molecular formula is C12H22N2O6. The minimum atomic E-state index is -0.530. The third-order valence-electron chi connectivity index (χ3n) is 3.02. The van der Waals surface area contributed by atoms with E-state index in [1.54, 1.807) is 0 Å². The predicted octanol–water partition coefficient (Wildman–Crippen LogP) is -0.265. The smallest absolute Gasteiger partial charge is 0.407 e. The van der Waals surface area contributed by atoms with Crippen LogP contribution in [0.25, 0.3) is 0 Å². The summed E-state index contributed by atoms with van der Waals surface area (Å²) in [5.74, 6) is 0. The van der Waals surface area contributed by atoms with Crippen LogP contribution in [0.4, 0.5) is 9.59 Å². The van der Waals surface area contributed by atoms with Gasteiger partial charge < -0.3 is 30.3 Å². The molecule has 0 aromatic carbocycles. The second-order valence-corrected chi connectivity index (χ2v) is 4.56. The molecule has 0 aliphatic heterocycles. The number of hydrogen-bond acceptors (Lipinski definition) is 6. The van der Waals surface area contributed by atoms with Crippen molar-refractivity contribution < 1.29 is 29.3 Å². The highest BCUT2D eigenvalue weighted by molar-refractivity contribution is 5.68. The summed E-state index contributed by atoms with van der Waals surface area (Å²) in [7, 11) is 0. The van der Waals surface area contributed by atoms with E-state index in [0.717, 1.165) is 25.7 Å². The fourth-order valence-electron chi connectivity index (χ4n) is 2.08. The van der Waals surface area contributed by atoms with Crippen molar-refractivity contribution in [1.29, 1.82) is 0 Å². The minimum absolute atomic E-state index is 0.0145. The Morgan fingerprint density at radius 1 is 0.850 bits per heavy atom. The topological polar surface area (TPSA) is 117 Å². The van der Waals surface area contributed by atoms with Crippen molar-refractivity contribution in [3.05, 3.63) is 0 Å². The van der Waals surface area contributed by atoms with Gasteiger partial charge in [-0.25, -0.2) is 9.59 Å². The molecule has 0 atom stereocenters. The van der Waals surface area contributed by atoms with Gasteiger partial charge in [-0.1, -0.05) is 0 Å². The molecule has 1 aliphatic rings. The van der Waals surface area contributed by atoms with Crippen molar-refractivity contribution in [2.45, 2.75) is 37.8 Å². The van der Waals surface area contributed by atoms with Gasteiger partial charge in [0.15, 0.2) is 0 Å². The van der Waals surface area contributed by atoms with Crippen LogP contribution in [0.3, 0.4) is 0 Å². The molecule has 8 nitrogen and oxygen atoms in total. The van der Waals surface area contributed by atoms with Gasteiger partial charge in [-0.15, -0.1) is 0 Å². The first-order valence-electron chi connectivity index (χ1n) is 6.74. The predicted molar refractivity (Wildman–Crippen MR) is 69.2 cm³/mol. The van der Waals surface area contributed by atoms with E-state index < -0.39 is 12.2 Å². The van der Waals surface area contributed by atoms with E-state index in [4.69, 9.17) is 19.7 Å². The van der Waals surface area contributed by atoms with E-state index in [1.807, 2.05) is 0 Å². The number of ether oxygens (including phenoxy) is 2. The first kappa shape index (κ1) is 16.5. The molecule has 0 bridgehead atoms. The monoisotopic (exact) mass is 290 g/mol. The normalized spacial score (nSPS) is 21.9. The molecule has 1 saturated carbocycles. The van der Waals surface area contributed by atoms with E-state index in [9.17, 15) is 9.59 Å². The van der Waals surface area contributed by atoms with E-state index in [2.05, 4.69) is 10.6 Å². The molecule has 20 heavy (non-hydrogen) atoms. The number of carbonyl (C=O) groups is 2. The molecular weight excluding hydrogens is 268 g/mol. The third kappa shape index (κ3) is 6.58. The average Bonchev–Trinajstić information content (AvgIpc) is 2.45. The molecule has 0 aromatic rings. The van der Waals surface area contributed by atoms with Crippen molar-refractivity contribution in [3.8, 4) is 0 Å². The molecule has 1 aliphatic carbocycles. The zero-order valence-electron chi connectivity index (χ0n) is 11.3. The Bertz CT molecular complexity index is 274. The minimum Gasteiger partial charge on any atom is -0.447 e. The molecule has 0 unspecified atom stereocenters. The maximum atomic E-state index is 11.3. The Morgan fingerprint density at radius 3 is 1.50 bits per heavy atom. The zero-order valence-corrected chi connectivity index (χ0v) is 11.3. The number of amides is 2. The van der Waals surface area contributed by atoms with E-state index in [1.165, 1.54) is 0 Å². The van der Waals surface area contributed by atoms with Gasteiger partial charge in [-0.3, -0.25) is 0 Å². The quantitative estimate of drug-likeness (QED) is 0.535. The van der Waals surface area contributed by atoms with Crippen LogP contribution in [0, 0.1) is 0 Å². The second-order valence-electron chi connectivity index (χ2n) is 4.56. The molecule has 1 rings (SSSR count). The molecule has 0 spiro atoms. The summed E-state index contributed by atoms with van der Waals surface area (Å²) in [4.78, 5) is 22.6.